The van der Waals surface area contributed by atoms with Crippen molar-refractivity contribution in [2.45, 2.75) is 6.18 Å². The predicted molar refractivity (Wildman–Crippen MR) is 254 cm³/mol. The van der Waals surface area contributed by atoms with Gasteiger partial charge in [-0.05, 0) is 99.6 Å². The first-order valence-corrected chi connectivity index (χ1v) is 20.7. The van der Waals surface area contributed by atoms with Gasteiger partial charge in [0.05, 0.1) is 40.9 Å². The lowest BCUT2D eigenvalue weighted by Gasteiger charge is -2.21. The Bertz CT molecular complexity index is 3730. The maximum Gasteiger partial charge on any atom is 0.415 e. The smallest absolute Gasteiger partial charge is 0.310 e. The zero-order valence-electron chi connectivity index (χ0n) is 34.0. The van der Waals surface area contributed by atoms with Gasteiger partial charge in [0.15, 0.2) is 11.4 Å². The molecule has 0 aliphatic heterocycles. The molecule has 0 spiro atoms. The molecular formula is C57H33F3N4. The van der Waals surface area contributed by atoms with Gasteiger partial charge < -0.3 is 9.13 Å². The Labute approximate surface area is 366 Å². The molecule has 0 saturated carbocycles. The Balaban J connectivity index is 1.23. The highest BCUT2D eigenvalue weighted by molar-refractivity contribution is 6.13. The van der Waals surface area contributed by atoms with Gasteiger partial charge in [-0.25, -0.2) is 9.69 Å². The van der Waals surface area contributed by atoms with E-state index in [1.54, 1.807) is 0 Å². The van der Waals surface area contributed by atoms with Crippen LogP contribution < -0.4 is 0 Å². The predicted octanol–water partition coefficient (Wildman–Crippen LogP) is 16.7. The van der Waals surface area contributed by atoms with E-state index in [2.05, 4.69) is 104 Å². The third-order valence-corrected chi connectivity index (χ3v) is 12.2. The van der Waals surface area contributed by atoms with Gasteiger partial charge in [-0.1, -0.05) is 140 Å². The van der Waals surface area contributed by atoms with Crippen LogP contribution >= 0.6 is 0 Å². The van der Waals surface area contributed by atoms with E-state index in [1.165, 1.54) is 6.07 Å². The average Bonchev–Trinajstić information content (AvgIpc) is 3.85. The molecular weight excluding hydrogens is 798 g/mol. The fourth-order valence-corrected chi connectivity index (χ4v) is 9.31. The van der Waals surface area contributed by atoms with E-state index in [4.69, 9.17) is 13.1 Å². The molecule has 0 amide bonds. The Morgan fingerprint density at radius 2 is 0.875 bits per heavy atom. The Kier molecular flexibility index (Phi) is 9.01. The van der Waals surface area contributed by atoms with E-state index in [9.17, 15) is 13.2 Å². The zero-order valence-corrected chi connectivity index (χ0v) is 34.0. The summed E-state index contributed by atoms with van der Waals surface area (Å²) in [5.41, 5.74) is 11.3. The summed E-state index contributed by atoms with van der Waals surface area (Å²) in [5, 5.41) is 4.18. The summed E-state index contributed by atoms with van der Waals surface area (Å²) in [5.74, 6) is 0. The number of alkyl halides is 3. The SMILES string of the molecule is [C-]#[N+]c1cc(C(F)(F)F)ccc1-c1ccc(-n2c3ccccc3c3cc(-c4ccccc4)ccc32)c(-c2c([N+]#[C-])cccc2-n2c3ccccc3c3cc(-c4ccccc4)ccc32)c1. The molecule has 0 unspecified atom stereocenters. The monoisotopic (exact) mass is 830 g/mol. The first-order chi connectivity index (χ1) is 31.3. The van der Waals surface area contributed by atoms with Crippen LogP contribution in [0, 0.1) is 13.1 Å². The zero-order chi connectivity index (χ0) is 43.5. The molecule has 302 valence electrons. The van der Waals surface area contributed by atoms with Crippen LogP contribution in [-0.4, -0.2) is 9.13 Å². The fraction of sp³-hybridized carbons (Fsp3) is 0.0175. The first kappa shape index (κ1) is 38.3. The third kappa shape index (κ3) is 6.22. The standard InChI is InChI=1S/C57H33F3N4/c1-61-48-20-13-23-55(64-51-22-12-10-19-44(51)46-33-39(25-30-53(46)64)37-16-7-4-8-17-37)56(48)47-34-40(42-28-27-41(57(58,59)60)35-49(42)62-2)26-31-54(47)63-50-21-11-9-18-43(50)45-32-38(24-29-52(45)63)36-14-5-3-6-15-36/h3-35H. The van der Waals surface area contributed by atoms with Crippen molar-refractivity contribution in [3.63, 3.8) is 0 Å². The Morgan fingerprint density at radius 3 is 1.44 bits per heavy atom. The van der Waals surface area contributed by atoms with E-state index in [0.29, 0.717) is 27.9 Å². The summed E-state index contributed by atoms with van der Waals surface area (Å²) in [6.45, 7) is 16.6. The highest BCUT2D eigenvalue weighted by atomic mass is 19.4. The lowest BCUT2D eigenvalue weighted by atomic mass is 9.93. The number of hydrogen-bond donors (Lipinski definition) is 0. The van der Waals surface area contributed by atoms with Crippen LogP contribution in [0.3, 0.4) is 0 Å². The van der Waals surface area contributed by atoms with Crippen molar-refractivity contribution >= 4 is 55.0 Å². The second-order valence-electron chi connectivity index (χ2n) is 15.8. The van der Waals surface area contributed by atoms with Crippen molar-refractivity contribution in [1.29, 1.82) is 0 Å². The minimum Gasteiger partial charge on any atom is -0.310 e. The second-order valence-corrected chi connectivity index (χ2v) is 15.8. The lowest BCUT2D eigenvalue weighted by molar-refractivity contribution is -0.137. The number of hydrogen-bond acceptors (Lipinski definition) is 0. The molecule has 0 atom stereocenters. The van der Waals surface area contributed by atoms with Crippen LogP contribution in [0.5, 0.6) is 0 Å². The fourth-order valence-electron chi connectivity index (χ4n) is 9.31. The molecule has 7 heteroatoms. The van der Waals surface area contributed by atoms with Crippen molar-refractivity contribution in [2.75, 3.05) is 0 Å². The molecule has 0 fully saturated rings. The second kappa shape index (κ2) is 15.1. The summed E-state index contributed by atoms with van der Waals surface area (Å²) >= 11 is 0. The van der Waals surface area contributed by atoms with Crippen molar-refractivity contribution < 1.29 is 13.2 Å². The van der Waals surface area contributed by atoms with Gasteiger partial charge >= 0.3 is 6.18 Å². The van der Waals surface area contributed by atoms with Crippen molar-refractivity contribution in [3.05, 3.63) is 229 Å². The molecule has 0 N–H and O–H groups in total. The molecule has 0 saturated heterocycles. The number of aromatic nitrogens is 2. The maximum absolute atomic E-state index is 14.0. The number of fused-ring (bicyclic) bond motifs is 6. The molecule has 0 radical (unpaired) electrons. The number of para-hydroxylation sites is 2. The number of nitrogens with zero attached hydrogens (tertiary/aromatic N) is 4. The molecule has 0 aliphatic rings. The van der Waals surface area contributed by atoms with E-state index in [-0.39, 0.29) is 5.69 Å². The summed E-state index contributed by atoms with van der Waals surface area (Å²) in [7, 11) is 0. The highest BCUT2D eigenvalue weighted by Gasteiger charge is 2.31. The molecule has 11 aromatic rings. The summed E-state index contributed by atoms with van der Waals surface area (Å²) < 4.78 is 46.3. The normalized spacial score (nSPS) is 11.6. The topological polar surface area (TPSA) is 18.6 Å². The van der Waals surface area contributed by atoms with Crippen molar-refractivity contribution in [1.82, 2.24) is 9.13 Å². The van der Waals surface area contributed by atoms with Crippen LogP contribution in [0.15, 0.2) is 200 Å². The lowest BCUT2D eigenvalue weighted by Crippen LogP contribution is -2.04. The number of rotatable bonds is 6. The minimum absolute atomic E-state index is 0.117. The largest absolute Gasteiger partial charge is 0.415 e. The van der Waals surface area contributed by atoms with Crippen LogP contribution in [-0.2, 0) is 6.18 Å². The summed E-state index contributed by atoms with van der Waals surface area (Å²) in [6.07, 6.45) is -4.61. The van der Waals surface area contributed by atoms with Crippen LogP contribution in [0.25, 0.3) is 109 Å². The quantitative estimate of drug-likeness (QED) is 0.149. The van der Waals surface area contributed by atoms with E-state index >= 15 is 0 Å². The molecule has 2 aromatic heterocycles. The average molecular weight is 831 g/mol. The van der Waals surface area contributed by atoms with Gasteiger partial charge in [0, 0.05) is 38.4 Å². The Hall–Kier alpha value is -8.65. The molecule has 0 bridgehead atoms. The van der Waals surface area contributed by atoms with E-state index in [1.807, 2.05) is 97.1 Å². The first-order valence-electron chi connectivity index (χ1n) is 20.7. The van der Waals surface area contributed by atoms with Gasteiger partial charge in [0.2, 0.25) is 0 Å². The molecule has 0 aliphatic carbocycles. The molecule has 2 heterocycles. The van der Waals surface area contributed by atoms with Crippen molar-refractivity contribution in [2.24, 2.45) is 0 Å². The number of halogens is 3. The number of benzene rings is 9. The van der Waals surface area contributed by atoms with Crippen LogP contribution in [0.4, 0.5) is 24.5 Å². The Morgan fingerprint density at radius 1 is 0.359 bits per heavy atom. The van der Waals surface area contributed by atoms with Gasteiger partial charge in [0.25, 0.3) is 0 Å². The minimum atomic E-state index is -4.61. The van der Waals surface area contributed by atoms with Crippen LogP contribution in [0.2, 0.25) is 0 Å². The molecule has 4 nitrogen and oxygen atoms in total. The summed E-state index contributed by atoms with van der Waals surface area (Å²) in [4.78, 5) is 7.74. The van der Waals surface area contributed by atoms with Gasteiger partial charge in [-0.2, -0.15) is 13.2 Å². The van der Waals surface area contributed by atoms with Gasteiger partial charge in [-0.15, -0.1) is 0 Å². The van der Waals surface area contributed by atoms with Gasteiger partial charge in [0.1, 0.15) is 0 Å². The van der Waals surface area contributed by atoms with Crippen LogP contribution in [0.1, 0.15) is 5.56 Å². The van der Waals surface area contributed by atoms with E-state index < -0.39 is 11.7 Å². The molecule has 9 aromatic carbocycles. The third-order valence-electron chi connectivity index (χ3n) is 12.2. The summed E-state index contributed by atoms with van der Waals surface area (Å²) in [6, 6.07) is 64.7. The van der Waals surface area contributed by atoms with E-state index in [0.717, 1.165) is 89.4 Å². The maximum atomic E-state index is 14.0. The van der Waals surface area contributed by atoms with Crippen molar-refractivity contribution in [3.8, 4) is 55.9 Å². The molecule has 11 rings (SSSR count). The highest BCUT2D eigenvalue weighted by Crippen LogP contribution is 2.47. The molecule has 64 heavy (non-hydrogen) atoms. The van der Waals surface area contributed by atoms with Gasteiger partial charge in [-0.3, -0.25) is 0 Å².